The number of aromatic nitrogens is 1. The van der Waals surface area contributed by atoms with Crippen molar-refractivity contribution < 1.29 is 14.3 Å². The van der Waals surface area contributed by atoms with Crippen LogP contribution in [0.3, 0.4) is 0 Å². The van der Waals surface area contributed by atoms with E-state index in [9.17, 15) is 4.79 Å². The fraction of sp³-hybridized carbons (Fsp3) is 0.167. The first-order valence-corrected chi connectivity index (χ1v) is 4.89. The normalized spacial score (nSPS) is 9.94. The molecule has 5 nitrogen and oxygen atoms in total. The highest BCUT2D eigenvalue weighted by atomic mass is 16.5. The number of rotatable bonds is 2. The number of carbonyl (C=O) groups excluding carboxylic acids is 1. The molecule has 1 aromatic heterocycles. The minimum atomic E-state index is -0.551. The van der Waals surface area contributed by atoms with Gasteiger partial charge < -0.3 is 9.47 Å². The number of esters is 1. The van der Waals surface area contributed by atoms with Gasteiger partial charge in [-0.1, -0.05) is 6.07 Å². The van der Waals surface area contributed by atoms with Crippen LogP contribution in [-0.4, -0.2) is 24.8 Å². The molecular formula is C12H10N2O3. The lowest BCUT2D eigenvalue weighted by molar-refractivity contribution is 0.0592. The van der Waals surface area contributed by atoms with Crippen LogP contribution in [0.1, 0.15) is 10.5 Å². The largest absolute Gasteiger partial charge is 0.496 e. The van der Waals surface area contributed by atoms with Crippen LogP contribution >= 0.6 is 0 Å². The van der Waals surface area contributed by atoms with Crippen molar-refractivity contribution >= 4 is 16.9 Å². The molecule has 0 fully saturated rings. The van der Waals surface area contributed by atoms with Gasteiger partial charge >= 0.3 is 5.97 Å². The summed E-state index contributed by atoms with van der Waals surface area (Å²) in [4.78, 5) is 11.5. The van der Waals surface area contributed by atoms with E-state index in [0.717, 1.165) is 0 Å². The number of methoxy groups -OCH3 is 2. The highest BCUT2D eigenvalue weighted by Gasteiger charge is 2.17. The minimum absolute atomic E-state index is 0.189. The zero-order chi connectivity index (χ0) is 12.4. The molecule has 1 aromatic carbocycles. The average molecular weight is 230 g/mol. The Balaban J connectivity index is 2.80. The van der Waals surface area contributed by atoms with Crippen LogP contribution in [0.4, 0.5) is 0 Å². The molecule has 0 aliphatic rings. The molecule has 17 heavy (non-hydrogen) atoms. The molecule has 0 radical (unpaired) electrons. The van der Waals surface area contributed by atoms with Crippen LogP contribution in [0.5, 0.6) is 5.75 Å². The second kappa shape index (κ2) is 4.18. The Morgan fingerprint density at radius 2 is 2.18 bits per heavy atom. The molecule has 0 N–H and O–H groups in total. The van der Waals surface area contributed by atoms with Crippen LogP contribution in [-0.2, 0) is 4.74 Å². The lowest BCUT2D eigenvalue weighted by atomic mass is 10.2. The number of carbonyl (C=O) groups is 1. The number of ether oxygens (including phenoxy) is 2. The third-order valence-electron chi connectivity index (χ3n) is 2.52. The predicted molar refractivity (Wildman–Crippen MR) is 60.8 cm³/mol. The standard InChI is InChI=1S/C12H10N2O3/c1-16-11-5-3-4-9-8(11)6-10(12(15)17-2)14(9)7-13/h3-6H,1-2H3. The number of hydrogen-bond donors (Lipinski definition) is 0. The van der Waals surface area contributed by atoms with Gasteiger partial charge in [-0.3, -0.25) is 0 Å². The summed E-state index contributed by atoms with van der Waals surface area (Å²) in [6.45, 7) is 0. The Morgan fingerprint density at radius 1 is 1.41 bits per heavy atom. The Morgan fingerprint density at radius 3 is 2.76 bits per heavy atom. The Hall–Kier alpha value is -2.48. The molecule has 0 aliphatic carbocycles. The molecule has 86 valence electrons. The second-order valence-corrected chi connectivity index (χ2v) is 3.35. The van der Waals surface area contributed by atoms with Gasteiger partial charge in [-0.25, -0.2) is 9.36 Å². The molecule has 2 aromatic rings. The number of nitrogens with zero attached hydrogens (tertiary/aromatic N) is 2. The average Bonchev–Trinajstić information content (AvgIpc) is 2.75. The van der Waals surface area contributed by atoms with Gasteiger partial charge in [-0.05, 0) is 18.2 Å². The monoisotopic (exact) mass is 230 g/mol. The summed E-state index contributed by atoms with van der Waals surface area (Å²) in [7, 11) is 2.81. The Labute approximate surface area is 97.8 Å². The fourth-order valence-electron chi connectivity index (χ4n) is 1.74. The molecule has 5 heteroatoms. The molecule has 0 saturated carbocycles. The molecule has 0 bridgehead atoms. The molecular weight excluding hydrogens is 220 g/mol. The summed E-state index contributed by atoms with van der Waals surface area (Å²) in [5, 5.41) is 9.78. The van der Waals surface area contributed by atoms with Crippen LogP contribution < -0.4 is 4.74 Å². The number of benzene rings is 1. The van der Waals surface area contributed by atoms with Crippen molar-refractivity contribution in [3.63, 3.8) is 0 Å². The Kier molecular flexibility index (Phi) is 2.71. The lowest BCUT2D eigenvalue weighted by Gasteiger charge is -2.00. The summed E-state index contributed by atoms with van der Waals surface area (Å²) in [6.07, 6.45) is 1.95. The highest BCUT2D eigenvalue weighted by molar-refractivity contribution is 5.98. The predicted octanol–water partition coefficient (Wildman–Crippen LogP) is 1.77. The minimum Gasteiger partial charge on any atom is -0.496 e. The van der Waals surface area contributed by atoms with E-state index in [-0.39, 0.29) is 5.69 Å². The highest BCUT2D eigenvalue weighted by Crippen LogP contribution is 2.28. The van der Waals surface area contributed by atoms with Crippen molar-refractivity contribution in [2.75, 3.05) is 14.2 Å². The van der Waals surface area contributed by atoms with Gasteiger partial charge in [0, 0.05) is 5.39 Å². The first-order chi connectivity index (χ1) is 8.22. The molecule has 0 unspecified atom stereocenters. The molecule has 0 spiro atoms. The van der Waals surface area contributed by atoms with Gasteiger partial charge in [0.2, 0.25) is 0 Å². The maximum Gasteiger partial charge on any atom is 0.355 e. The topological polar surface area (TPSA) is 64.2 Å². The zero-order valence-corrected chi connectivity index (χ0v) is 9.43. The van der Waals surface area contributed by atoms with Crippen LogP contribution in [0, 0.1) is 11.5 Å². The Bertz CT molecular complexity index is 622. The van der Waals surface area contributed by atoms with Gasteiger partial charge in [-0.15, -0.1) is 0 Å². The van der Waals surface area contributed by atoms with Crippen LogP contribution in [0.25, 0.3) is 10.9 Å². The van der Waals surface area contributed by atoms with E-state index in [1.165, 1.54) is 18.8 Å². The van der Waals surface area contributed by atoms with E-state index in [1.807, 2.05) is 6.19 Å². The van der Waals surface area contributed by atoms with E-state index in [0.29, 0.717) is 16.7 Å². The summed E-state index contributed by atoms with van der Waals surface area (Å²) < 4.78 is 11.0. The summed E-state index contributed by atoms with van der Waals surface area (Å²) in [6, 6.07) is 6.86. The van der Waals surface area contributed by atoms with Crippen molar-refractivity contribution in [1.29, 1.82) is 5.26 Å². The lowest BCUT2D eigenvalue weighted by Crippen LogP contribution is -2.06. The van der Waals surface area contributed by atoms with Gasteiger partial charge in [0.15, 0.2) is 6.19 Å². The van der Waals surface area contributed by atoms with Crippen LogP contribution in [0.2, 0.25) is 0 Å². The van der Waals surface area contributed by atoms with Gasteiger partial charge in [0.05, 0.1) is 19.7 Å². The van der Waals surface area contributed by atoms with E-state index >= 15 is 0 Å². The quantitative estimate of drug-likeness (QED) is 0.737. The van der Waals surface area contributed by atoms with Crippen molar-refractivity contribution in [3.8, 4) is 11.9 Å². The second-order valence-electron chi connectivity index (χ2n) is 3.35. The zero-order valence-electron chi connectivity index (χ0n) is 9.43. The van der Waals surface area contributed by atoms with Crippen LogP contribution in [0.15, 0.2) is 24.3 Å². The molecule has 0 amide bonds. The molecule has 2 rings (SSSR count). The van der Waals surface area contributed by atoms with E-state index in [1.54, 1.807) is 24.3 Å². The van der Waals surface area contributed by atoms with Crippen molar-refractivity contribution in [2.24, 2.45) is 0 Å². The van der Waals surface area contributed by atoms with E-state index in [2.05, 4.69) is 4.74 Å². The fourth-order valence-corrected chi connectivity index (χ4v) is 1.74. The number of hydrogen-bond acceptors (Lipinski definition) is 4. The maximum atomic E-state index is 11.5. The third kappa shape index (κ3) is 1.60. The molecule has 0 aliphatic heterocycles. The van der Waals surface area contributed by atoms with E-state index in [4.69, 9.17) is 10.00 Å². The molecule has 0 atom stereocenters. The summed E-state index contributed by atoms with van der Waals surface area (Å²) in [5.41, 5.74) is 0.807. The number of nitriles is 1. The molecule has 0 saturated heterocycles. The SMILES string of the molecule is COC(=O)c1cc2c(OC)cccc2n1C#N. The van der Waals surface area contributed by atoms with Crippen molar-refractivity contribution in [2.45, 2.75) is 0 Å². The van der Waals surface area contributed by atoms with Gasteiger partial charge in [0.25, 0.3) is 0 Å². The molecule has 1 heterocycles. The maximum absolute atomic E-state index is 11.5. The number of fused-ring (bicyclic) bond motifs is 1. The van der Waals surface area contributed by atoms with Gasteiger partial charge in [-0.2, -0.15) is 5.26 Å². The summed E-state index contributed by atoms with van der Waals surface area (Å²) in [5.74, 6) is 0.0615. The van der Waals surface area contributed by atoms with Crippen molar-refractivity contribution in [3.05, 3.63) is 30.0 Å². The third-order valence-corrected chi connectivity index (χ3v) is 2.52. The first-order valence-electron chi connectivity index (χ1n) is 4.89. The smallest absolute Gasteiger partial charge is 0.355 e. The van der Waals surface area contributed by atoms with Crippen molar-refractivity contribution in [1.82, 2.24) is 4.57 Å². The first kappa shape index (κ1) is 11.0. The van der Waals surface area contributed by atoms with Gasteiger partial charge in [0.1, 0.15) is 11.4 Å². The van der Waals surface area contributed by atoms with E-state index < -0.39 is 5.97 Å². The summed E-state index contributed by atoms with van der Waals surface area (Å²) >= 11 is 0.